The lowest BCUT2D eigenvalue weighted by molar-refractivity contribution is -0.147. The first-order chi connectivity index (χ1) is 8.79. The van der Waals surface area contributed by atoms with Crippen molar-refractivity contribution in [1.29, 1.82) is 0 Å². The maximum atomic E-state index is 11.4. The smallest absolute Gasteiger partial charge is 0.305 e. The molecule has 1 unspecified atom stereocenters. The minimum absolute atomic E-state index is 0.150. The molecule has 0 aliphatic carbocycles. The Morgan fingerprint density at radius 2 is 2.28 bits per heavy atom. The van der Waals surface area contributed by atoms with Crippen molar-refractivity contribution in [2.45, 2.75) is 38.7 Å². The molecule has 2 rings (SSSR count). The number of fused-ring (bicyclic) bond motifs is 1. The molecule has 4 nitrogen and oxygen atoms in total. The molecule has 1 aliphatic heterocycles. The monoisotopic (exact) mass is 270 g/mol. The molecule has 1 aromatic rings. The highest BCUT2D eigenvalue weighted by molar-refractivity contribution is 7.08. The molecule has 1 aromatic heterocycles. The van der Waals surface area contributed by atoms with Gasteiger partial charge in [-0.1, -0.05) is 19.8 Å². The van der Waals surface area contributed by atoms with Gasteiger partial charge in [0.2, 0.25) is 0 Å². The van der Waals surface area contributed by atoms with Crippen LogP contribution in [0.3, 0.4) is 0 Å². The Morgan fingerprint density at radius 1 is 1.44 bits per heavy atom. The van der Waals surface area contributed by atoms with Gasteiger partial charge in [-0.2, -0.15) is 0 Å². The summed E-state index contributed by atoms with van der Waals surface area (Å²) in [6.07, 6.45) is 3.36. The third kappa shape index (κ3) is 3.63. The fourth-order valence-electron chi connectivity index (χ4n) is 1.72. The number of hydrogen-bond donors (Lipinski definition) is 0. The van der Waals surface area contributed by atoms with Crippen molar-refractivity contribution in [1.82, 2.24) is 0 Å². The lowest BCUT2D eigenvalue weighted by Gasteiger charge is -2.24. The Hall–Kier alpha value is -1.23. The number of ether oxygens (including phenoxy) is 3. The second kappa shape index (κ2) is 6.64. The van der Waals surface area contributed by atoms with Crippen LogP contribution in [0.15, 0.2) is 10.8 Å². The van der Waals surface area contributed by atoms with Gasteiger partial charge in [-0.05, 0) is 6.42 Å². The van der Waals surface area contributed by atoms with Crippen LogP contribution in [0.1, 0.15) is 32.6 Å². The van der Waals surface area contributed by atoms with Crippen molar-refractivity contribution in [3.8, 4) is 11.5 Å². The third-order valence-corrected chi connectivity index (χ3v) is 3.43. The molecular weight excluding hydrogens is 252 g/mol. The minimum Gasteiger partial charge on any atom is -0.485 e. The van der Waals surface area contributed by atoms with E-state index in [1.807, 2.05) is 10.8 Å². The van der Waals surface area contributed by atoms with Crippen LogP contribution >= 0.6 is 11.3 Å². The van der Waals surface area contributed by atoms with Gasteiger partial charge in [0.1, 0.15) is 13.2 Å². The van der Waals surface area contributed by atoms with Crippen molar-refractivity contribution in [2.24, 2.45) is 0 Å². The van der Waals surface area contributed by atoms with Gasteiger partial charge in [0.25, 0.3) is 0 Å². The lowest BCUT2D eigenvalue weighted by atomic mass is 10.2. The molecule has 5 heteroatoms. The maximum absolute atomic E-state index is 11.4. The first kappa shape index (κ1) is 13.2. The molecule has 0 fully saturated rings. The summed E-state index contributed by atoms with van der Waals surface area (Å²) in [4.78, 5) is 11.4. The van der Waals surface area contributed by atoms with E-state index < -0.39 is 0 Å². The van der Waals surface area contributed by atoms with Crippen LogP contribution in [0.2, 0.25) is 0 Å². The van der Waals surface area contributed by atoms with Crippen LogP contribution in [0, 0.1) is 0 Å². The van der Waals surface area contributed by atoms with E-state index in [4.69, 9.17) is 14.2 Å². The largest absolute Gasteiger partial charge is 0.485 e. The van der Waals surface area contributed by atoms with Crippen molar-refractivity contribution in [2.75, 3.05) is 13.2 Å². The van der Waals surface area contributed by atoms with E-state index in [1.54, 1.807) is 0 Å². The molecule has 2 heterocycles. The fraction of sp³-hybridized carbons (Fsp3) is 0.615. The third-order valence-electron chi connectivity index (χ3n) is 2.73. The highest BCUT2D eigenvalue weighted by Gasteiger charge is 2.22. The molecule has 0 bridgehead atoms. The van der Waals surface area contributed by atoms with Crippen LogP contribution in [-0.4, -0.2) is 25.3 Å². The zero-order valence-corrected chi connectivity index (χ0v) is 11.3. The SMILES string of the molecule is CCCCCC(=O)OCC1COc2cscc2O1. The predicted molar refractivity (Wildman–Crippen MR) is 69.3 cm³/mol. The normalized spacial score (nSPS) is 17.5. The van der Waals surface area contributed by atoms with E-state index in [2.05, 4.69) is 6.92 Å². The molecule has 18 heavy (non-hydrogen) atoms. The van der Waals surface area contributed by atoms with E-state index in [0.29, 0.717) is 13.0 Å². The average Bonchev–Trinajstić information content (AvgIpc) is 2.84. The summed E-state index contributed by atoms with van der Waals surface area (Å²) in [5.74, 6) is 1.38. The first-order valence-corrected chi connectivity index (χ1v) is 7.25. The van der Waals surface area contributed by atoms with E-state index in [0.717, 1.165) is 30.8 Å². The Morgan fingerprint density at radius 3 is 3.11 bits per heavy atom. The van der Waals surface area contributed by atoms with E-state index >= 15 is 0 Å². The number of rotatable bonds is 6. The highest BCUT2D eigenvalue weighted by atomic mass is 32.1. The molecular formula is C13H18O4S. The summed E-state index contributed by atoms with van der Waals surface area (Å²) in [6, 6.07) is 0. The van der Waals surface area contributed by atoms with Gasteiger partial charge in [0.05, 0.1) is 0 Å². The number of esters is 1. The van der Waals surface area contributed by atoms with E-state index in [-0.39, 0.29) is 18.7 Å². The number of hydrogen-bond acceptors (Lipinski definition) is 5. The Balaban J connectivity index is 1.67. The van der Waals surface area contributed by atoms with Crippen molar-refractivity contribution >= 4 is 17.3 Å². The van der Waals surface area contributed by atoms with Gasteiger partial charge in [-0.25, -0.2) is 0 Å². The second-order valence-corrected chi connectivity index (χ2v) is 5.03. The van der Waals surface area contributed by atoms with Crippen LogP contribution in [0.25, 0.3) is 0 Å². The average molecular weight is 270 g/mol. The van der Waals surface area contributed by atoms with Gasteiger partial charge >= 0.3 is 5.97 Å². The van der Waals surface area contributed by atoms with Crippen molar-refractivity contribution < 1.29 is 19.0 Å². The molecule has 0 N–H and O–H groups in total. The number of thiophene rings is 1. The number of carbonyl (C=O) groups is 1. The lowest BCUT2D eigenvalue weighted by Crippen LogP contribution is -2.33. The topological polar surface area (TPSA) is 44.8 Å². The molecule has 100 valence electrons. The quantitative estimate of drug-likeness (QED) is 0.589. The van der Waals surface area contributed by atoms with Crippen molar-refractivity contribution in [3.05, 3.63) is 10.8 Å². The number of carbonyl (C=O) groups excluding carboxylic acids is 1. The van der Waals surface area contributed by atoms with Crippen LogP contribution in [0.4, 0.5) is 0 Å². The standard InChI is InChI=1S/C13H18O4S/c1-2-3-4-5-13(14)16-7-10-6-15-11-8-18-9-12(11)17-10/h8-10H,2-7H2,1H3. The van der Waals surface area contributed by atoms with Gasteiger partial charge < -0.3 is 14.2 Å². The fourth-order valence-corrected chi connectivity index (χ4v) is 2.39. The van der Waals surface area contributed by atoms with Crippen molar-refractivity contribution in [3.63, 3.8) is 0 Å². The summed E-state index contributed by atoms with van der Waals surface area (Å²) >= 11 is 1.54. The predicted octanol–water partition coefficient (Wildman–Crippen LogP) is 3.01. The summed E-state index contributed by atoms with van der Waals surface area (Å²) < 4.78 is 16.3. The van der Waals surface area contributed by atoms with Crippen LogP contribution in [-0.2, 0) is 9.53 Å². The second-order valence-electron chi connectivity index (χ2n) is 4.29. The Kier molecular flexibility index (Phi) is 4.87. The Labute approximate surface area is 111 Å². The summed E-state index contributed by atoms with van der Waals surface area (Å²) in [7, 11) is 0. The molecule has 0 saturated heterocycles. The molecule has 0 spiro atoms. The van der Waals surface area contributed by atoms with Crippen LogP contribution in [0.5, 0.6) is 11.5 Å². The zero-order valence-electron chi connectivity index (χ0n) is 10.5. The molecule has 0 radical (unpaired) electrons. The van der Waals surface area contributed by atoms with Gasteiger partial charge in [0.15, 0.2) is 17.6 Å². The van der Waals surface area contributed by atoms with Crippen LogP contribution < -0.4 is 9.47 Å². The van der Waals surface area contributed by atoms with E-state index in [1.165, 1.54) is 11.3 Å². The van der Waals surface area contributed by atoms with E-state index in [9.17, 15) is 4.79 Å². The maximum Gasteiger partial charge on any atom is 0.305 e. The molecule has 0 aromatic carbocycles. The Bertz CT molecular complexity index is 388. The molecule has 0 amide bonds. The van der Waals surface area contributed by atoms with Gasteiger partial charge in [-0.15, -0.1) is 11.3 Å². The highest BCUT2D eigenvalue weighted by Crippen LogP contribution is 2.35. The zero-order chi connectivity index (χ0) is 12.8. The number of unbranched alkanes of at least 4 members (excludes halogenated alkanes) is 2. The molecule has 1 aliphatic rings. The summed E-state index contributed by atoms with van der Waals surface area (Å²) in [5, 5.41) is 3.80. The van der Waals surface area contributed by atoms with Gasteiger partial charge in [0, 0.05) is 17.2 Å². The minimum atomic E-state index is -0.192. The molecule has 1 atom stereocenters. The first-order valence-electron chi connectivity index (χ1n) is 6.31. The molecule has 0 saturated carbocycles. The summed E-state index contributed by atoms with van der Waals surface area (Å²) in [6.45, 7) is 2.81. The van der Waals surface area contributed by atoms with Gasteiger partial charge in [-0.3, -0.25) is 4.79 Å². The summed E-state index contributed by atoms with van der Waals surface area (Å²) in [5.41, 5.74) is 0.